The monoisotopic (exact) mass is 234 g/mol. The minimum absolute atomic E-state index is 0.125. The van der Waals surface area contributed by atoms with Crippen molar-refractivity contribution >= 4 is 5.69 Å². The molecule has 1 aliphatic heterocycles. The predicted molar refractivity (Wildman–Crippen MR) is 69.8 cm³/mol. The fraction of sp³-hybridized carbons (Fsp3) is 0.429. The molecule has 1 heterocycles. The summed E-state index contributed by atoms with van der Waals surface area (Å²) in [6, 6.07) is 5.70. The lowest BCUT2D eigenvalue weighted by Crippen LogP contribution is -2.27. The van der Waals surface area contributed by atoms with Crippen LogP contribution in [0.2, 0.25) is 0 Å². The summed E-state index contributed by atoms with van der Waals surface area (Å²) >= 11 is 0. The Bertz CT molecular complexity index is 415. The van der Waals surface area contributed by atoms with E-state index in [0.29, 0.717) is 5.69 Å². The summed E-state index contributed by atoms with van der Waals surface area (Å²) in [5, 5.41) is 3.12. The van der Waals surface area contributed by atoms with Crippen molar-refractivity contribution in [3.63, 3.8) is 0 Å². The van der Waals surface area contributed by atoms with Gasteiger partial charge in [-0.2, -0.15) is 0 Å². The van der Waals surface area contributed by atoms with E-state index in [4.69, 9.17) is 0 Å². The Kier molecular flexibility index (Phi) is 3.79. The van der Waals surface area contributed by atoms with Crippen molar-refractivity contribution in [2.75, 3.05) is 25.0 Å². The highest BCUT2D eigenvalue weighted by molar-refractivity contribution is 5.50. The third kappa shape index (κ3) is 2.67. The van der Waals surface area contributed by atoms with Crippen LogP contribution in [0.3, 0.4) is 0 Å². The molecule has 1 aliphatic rings. The summed E-state index contributed by atoms with van der Waals surface area (Å²) in [6.45, 7) is 3.73. The van der Waals surface area contributed by atoms with Gasteiger partial charge in [0.1, 0.15) is 5.82 Å². The number of halogens is 1. The number of anilines is 1. The van der Waals surface area contributed by atoms with Gasteiger partial charge in [-0.1, -0.05) is 18.2 Å². The van der Waals surface area contributed by atoms with Crippen LogP contribution in [0.5, 0.6) is 0 Å². The van der Waals surface area contributed by atoms with Crippen molar-refractivity contribution in [3.8, 4) is 0 Å². The van der Waals surface area contributed by atoms with E-state index < -0.39 is 0 Å². The quantitative estimate of drug-likeness (QED) is 0.809. The van der Waals surface area contributed by atoms with E-state index in [1.807, 2.05) is 26.1 Å². The number of hydrogen-bond acceptors (Lipinski definition) is 2. The van der Waals surface area contributed by atoms with E-state index in [2.05, 4.69) is 22.4 Å². The minimum atomic E-state index is -0.125. The molecular weight excluding hydrogens is 215 g/mol. The molecule has 3 heteroatoms. The van der Waals surface area contributed by atoms with E-state index in [0.717, 1.165) is 25.1 Å². The molecule has 2 nitrogen and oxygen atoms in total. The zero-order chi connectivity index (χ0) is 12.3. The average molecular weight is 234 g/mol. The molecule has 92 valence electrons. The number of nitrogens with one attached hydrogen (secondary N) is 1. The van der Waals surface area contributed by atoms with Crippen LogP contribution in [-0.2, 0) is 0 Å². The predicted octanol–water partition coefficient (Wildman–Crippen LogP) is 2.87. The SMILES string of the molecule is CNC(C)c1ccc(N2CC=CCC2)c(F)c1. The van der Waals surface area contributed by atoms with Gasteiger partial charge in [-0.3, -0.25) is 0 Å². The number of hydrogen-bond donors (Lipinski definition) is 1. The zero-order valence-electron chi connectivity index (χ0n) is 10.4. The molecule has 0 aliphatic carbocycles. The lowest BCUT2D eigenvalue weighted by atomic mass is 10.1. The Hall–Kier alpha value is -1.35. The topological polar surface area (TPSA) is 15.3 Å². The van der Waals surface area contributed by atoms with Gasteiger partial charge in [-0.15, -0.1) is 0 Å². The second kappa shape index (κ2) is 5.32. The fourth-order valence-corrected chi connectivity index (χ4v) is 2.08. The highest BCUT2D eigenvalue weighted by Crippen LogP contribution is 2.24. The molecule has 1 N–H and O–H groups in total. The van der Waals surface area contributed by atoms with Crippen LogP contribution in [0.4, 0.5) is 10.1 Å². The fourth-order valence-electron chi connectivity index (χ4n) is 2.08. The summed E-state index contributed by atoms with van der Waals surface area (Å²) in [6.07, 6.45) is 5.23. The van der Waals surface area contributed by atoms with Crippen LogP contribution in [0.15, 0.2) is 30.4 Å². The van der Waals surface area contributed by atoms with Crippen LogP contribution >= 0.6 is 0 Å². The Labute approximate surface area is 102 Å². The molecule has 17 heavy (non-hydrogen) atoms. The molecule has 1 aromatic carbocycles. The molecule has 2 rings (SSSR count). The van der Waals surface area contributed by atoms with Crippen LogP contribution in [-0.4, -0.2) is 20.1 Å². The van der Waals surface area contributed by atoms with E-state index >= 15 is 0 Å². The lowest BCUT2D eigenvalue weighted by Gasteiger charge is -2.26. The number of benzene rings is 1. The summed E-state index contributed by atoms with van der Waals surface area (Å²) in [5.41, 5.74) is 1.70. The van der Waals surface area contributed by atoms with Gasteiger partial charge in [-0.05, 0) is 38.1 Å². The van der Waals surface area contributed by atoms with Crippen LogP contribution in [0.1, 0.15) is 24.9 Å². The van der Waals surface area contributed by atoms with Crippen molar-refractivity contribution in [1.29, 1.82) is 0 Å². The van der Waals surface area contributed by atoms with Gasteiger partial charge in [0.2, 0.25) is 0 Å². The van der Waals surface area contributed by atoms with E-state index in [1.54, 1.807) is 6.07 Å². The van der Waals surface area contributed by atoms with Crippen molar-refractivity contribution in [1.82, 2.24) is 5.32 Å². The zero-order valence-corrected chi connectivity index (χ0v) is 10.4. The lowest BCUT2D eigenvalue weighted by molar-refractivity contribution is 0.602. The molecule has 1 unspecified atom stereocenters. The van der Waals surface area contributed by atoms with Crippen molar-refractivity contribution in [2.24, 2.45) is 0 Å². The molecular formula is C14H19FN2. The Morgan fingerprint density at radius 3 is 2.76 bits per heavy atom. The third-order valence-electron chi connectivity index (χ3n) is 3.30. The standard InChI is InChI=1S/C14H19FN2/c1-11(16-2)12-6-7-14(13(15)10-12)17-8-4-3-5-9-17/h3-4,6-7,10-11,16H,5,8-9H2,1-2H3. The van der Waals surface area contributed by atoms with Gasteiger partial charge in [-0.25, -0.2) is 4.39 Å². The molecule has 0 fully saturated rings. The van der Waals surface area contributed by atoms with Gasteiger partial charge in [0.05, 0.1) is 5.69 Å². The number of rotatable bonds is 3. The Morgan fingerprint density at radius 2 is 2.18 bits per heavy atom. The molecule has 1 aromatic rings. The number of nitrogens with zero attached hydrogens (tertiary/aromatic N) is 1. The van der Waals surface area contributed by atoms with E-state index in [-0.39, 0.29) is 11.9 Å². The van der Waals surface area contributed by atoms with Crippen molar-refractivity contribution in [2.45, 2.75) is 19.4 Å². The molecule has 0 amide bonds. The third-order valence-corrected chi connectivity index (χ3v) is 3.30. The van der Waals surface area contributed by atoms with Gasteiger partial charge in [0, 0.05) is 19.1 Å². The summed E-state index contributed by atoms with van der Waals surface area (Å²) < 4.78 is 14.0. The molecule has 0 radical (unpaired) electrons. The molecule has 0 bridgehead atoms. The van der Waals surface area contributed by atoms with Gasteiger partial charge < -0.3 is 10.2 Å². The van der Waals surface area contributed by atoms with Gasteiger partial charge >= 0.3 is 0 Å². The first kappa shape index (κ1) is 12.1. The smallest absolute Gasteiger partial charge is 0.146 e. The first-order valence-electron chi connectivity index (χ1n) is 6.09. The van der Waals surface area contributed by atoms with Crippen LogP contribution < -0.4 is 10.2 Å². The first-order valence-corrected chi connectivity index (χ1v) is 6.09. The van der Waals surface area contributed by atoms with Gasteiger partial charge in [0.15, 0.2) is 0 Å². The minimum Gasteiger partial charge on any atom is -0.365 e. The maximum absolute atomic E-state index is 14.0. The maximum Gasteiger partial charge on any atom is 0.146 e. The molecule has 1 atom stereocenters. The Morgan fingerprint density at radius 1 is 1.35 bits per heavy atom. The summed E-state index contributed by atoms with van der Waals surface area (Å²) in [7, 11) is 1.88. The summed E-state index contributed by atoms with van der Waals surface area (Å²) in [5.74, 6) is -0.125. The molecule has 0 saturated carbocycles. The van der Waals surface area contributed by atoms with Crippen LogP contribution in [0.25, 0.3) is 0 Å². The highest BCUT2D eigenvalue weighted by Gasteiger charge is 2.13. The molecule has 0 saturated heterocycles. The molecule has 0 spiro atoms. The van der Waals surface area contributed by atoms with E-state index in [1.165, 1.54) is 0 Å². The highest BCUT2D eigenvalue weighted by atomic mass is 19.1. The maximum atomic E-state index is 14.0. The Balaban J connectivity index is 2.22. The summed E-state index contributed by atoms with van der Waals surface area (Å²) in [4.78, 5) is 2.07. The normalized spacial score (nSPS) is 17.2. The largest absolute Gasteiger partial charge is 0.365 e. The van der Waals surface area contributed by atoms with Gasteiger partial charge in [0.25, 0.3) is 0 Å². The molecule has 0 aromatic heterocycles. The van der Waals surface area contributed by atoms with Crippen LogP contribution in [0, 0.1) is 5.82 Å². The van der Waals surface area contributed by atoms with E-state index in [9.17, 15) is 4.39 Å². The average Bonchev–Trinajstić information content (AvgIpc) is 2.38. The van der Waals surface area contributed by atoms with Crippen molar-refractivity contribution < 1.29 is 4.39 Å². The second-order valence-electron chi connectivity index (χ2n) is 4.43. The second-order valence-corrected chi connectivity index (χ2v) is 4.43. The first-order chi connectivity index (χ1) is 8.22. The van der Waals surface area contributed by atoms with Crippen molar-refractivity contribution in [3.05, 3.63) is 41.7 Å².